The zero-order valence-corrected chi connectivity index (χ0v) is 24.0. The van der Waals surface area contributed by atoms with Crippen LogP contribution in [0.2, 0.25) is 0 Å². The SMILES string of the molecule is CC.CCC.CCN(C)Nc1ccc(C2=NNC(=NCc3ccccc3)C(N3CCNCC3)N2C)cc1. The topological polar surface area (TPSA) is 70.5 Å². The molecule has 0 aliphatic carbocycles. The second-order valence-electron chi connectivity index (χ2n) is 8.92. The van der Waals surface area contributed by atoms with E-state index in [9.17, 15) is 0 Å². The van der Waals surface area contributed by atoms with Crippen LogP contribution < -0.4 is 16.2 Å². The van der Waals surface area contributed by atoms with Gasteiger partial charge in [0.15, 0.2) is 11.7 Å². The fourth-order valence-corrected chi connectivity index (χ4v) is 4.03. The smallest absolute Gasteiger partial charge is 0.157 e. The standard InChI is InChI=1S/C24H34N8.C3H8.C2H6/c1-4-30(2)29-21-12-10-20(11-13-21)23-28-27-22(26-18-19-8-6-5-7-9-19)24(31(23)3)32-16-14-25-15-17-32;1-3-2;1-2/h5-13,24-25,29H,4,14-18H2,1-3H3,(H,26,27);3H2,1-2H3;1-2H3. The molecule has 2 aliphatic heterocycles. The van der Waals surface area contributed by atoms with Gasteiger partial charge in [0, 0.05) is 58.1 Å². The lowest BCUT2D eigenvalue weighted by Gasteiger charge is -2.43. The van der Waals surface area contributed by atoms with Gasteiger partial charge in [-0.2, -0.15) is 5.10 Å². The van der Waals surface area contributed by atoms with Gasteiger partial charge in [-0.3, -0.25) is 15.3 Å². The van der Waals surface area contributed by atoms with Gasteiger partial charge in [-0.05, 0) is 29.8 Å². The Morgan fingerprint density at radius 2 is 1.62 bits per heavy atom. The number of likely N-dealkylation sites (N-methyl/N-ethyl adjacent to an activating group) is 1. The van der Waals surface area contributed by atoms with Crippen LogP contribution in [0, 0.1) is 0 Å². The van der Waals surface area contributed by atoms with Crippen LogP contribution in [0.25, 0.3) is 0 Å². The van der Waals surface area contributed by atoms with E-state index in [4.69, 9.17) is 10.1 Å². The molecule has 0 amide bonds. The summed E-state index contributed by atoms with van der Waals surface area (Å²) >= 11 is 0. The first-order valence-corrected chi connectivity index (χ1v) is 13.7. The quantitative estimate of drug-likeness (QED) is 0.481. The fourth-order valence-electron chi connectivity index (χ4n) is 4.03. The summed E-state index contributed by atoms with van der Waals surface area (Å²) in [6, 6.07) is 18.8. The zero-order valence-electron chi connectivity index (χ0n) is 24.0. The van der Waals surface area contributed by atoms with Gasteiger partial charge in [-0.1, -0.05) is 71.4 Å². The van der Waals surface area contributed by atoms with Crippen LogP contribution in [0.3, 0.4) is 0 Å². The molecule has 8 heteroatoms. The molecule has 1 unspecified atom stereocenters. The lowest BCUT2D eigenvalue weighted by atomic mass is 10.1. The number of hydrazone groups is 1. The number of amidine groups is 2. The highest BCUT2D eigenvalue weighted by Gasteiger charge is 2.34. The van der Waals surface area contributed by atoms with Crippen LogP contribution in [0.4, 0.5) is 5.69 Å². The van der Waals surface area contributed by atoms with E-state index in [1.165, 1.54) is 12.0 Å². The van der Waals surface area contributed by atoms with Crippen LogP contribution in [0.15, 0.2) is 64.7 Å². The third-order valence-corrected chi connectivity index (χ3v) is 5.93. The molecule has 0 saturated carbocycles. The molecule has 0 spiro atoms. The van der Waals surface area contributed by atoms with Gasteiger partial charge in [-0.15, -0.1) is 0 Å². The van der Waals surface area contributed by atoms with E-state index < -0.39 is 0 Å². The predicted octanol–water partition coefficient (Wildman–Crippen LogP) is 4.43. The molecule has 1 atom stereocenters. The number of nitrogens with zero attached hydrogens (tertiary/aromatic N) is 5. The monoisotopic (exact) mass is 508 g/mol. The van der Waals surface area contributed by atoms with Crippen molar-refractivity contribution < 1.29 is 0 Å². The average Bonchev–Trinajstić information content (AvgIpc) is 2.95. The molecule has 0 radical (unpaired) electrons. The van der Waals surface area contributed by atoms with Gasteiger partial charge in [0.1, 0.15) is 6.17 Å². The minimum atomic E-state index is 0.0253. The largest absolute Gasteiger partial charge is 0.335 e. The molecule has 2 heterocycles. The minimum Gasteiger partial charge on any atom is -0.335 e. The first-order valence-electron chi connectivity index (χ1n) is 13.7. The van der Waals surface area contributed by atoms with Crippen LogP contribution in [0.1, 0.15) is 52.2 Å². The summed E-state index contributed by atoms with van der Waals surface area (Å²) in [5.74, 6) is 1.81. The molecule has 8 nitrogen and oxygen atoms in total. The maximum Gasteiger partial charge on any atom is 0.157 e. The Morgan fingerprint density at radius 1 is 1.00 bits per heavy atom. The highest BCUT2D eigenvalue weighted by molar-refractivity contribution is 6.05. The average molecular weight is 509 g/mol. The molecule has 2 aliphatic rings. The Bertz CT molecular complexity index is 936. The summed E-state index contributed by atoms with van der Waals surface area (Å²) < 4.78 is 0. The van der Waals surface area contributed by atoms with Crippen molar-refractivity contribution in [3.63, 3.8) is 0 Å². The number of aliphatic imine (C=N–C) groups is 1. The summed E-state index contributed by atoms with van der Waals surface area (Å²) in [6.45, 7) is 15.8. The van der Waals surface area contributed by atoms with Crippen molar-refractivity contribution in [3.8, 4) is 0 Å². The summed E-state index contributed by atoms with van der Waals surface area (Å²) in [5.41, 5.74) is 9.98. The highest BCUT2D eigenvalue weighted by Crippen LogP contribution is 2.19. The number of anilines is 1. The number of hydrogen-bond donors (Lipinski definition) is 3. The van der Waals surface area contributed by atoms with Gasteiger partial charge in [0.2, 0.25) is 0 Å². The molecule has 2 aromatic rings. The minimum absolute atomic E-state index is 0.0253. The van der Waals surface area contributed by atoms with Crippen molar-refractivity contribution in [2.75, 3.05) is 52.2 Å². The molecule has 0 bridgehead atoms. The predicted molar refractivity (Wildman–Crippen MR) is 159 cm³/mol. The maximum absolute atomic E-state index is 4.92. The normalized spacial score (nSPS) is 18.7. The summed E-state index contributed by atoms with van der Waals surface area (Å²) in [5, 5.41) is 10.2. The van der Waals surface area contributed by atoms with E-state index in [-0.39, 0.29) is 6.17 Å². The van der Waals surface area contributed by atoms with Gasteiger partial charge in [0.05, 0.1) is 6.54 Å². The lowest BCUT2D eigenvalue weighted by molar-refractivity contribution is 0.134. The number of nitrogens with one attached hydrogen (secondary N) is 3. The number of hydrazine groups is 1. The third kappa shape index (κ3) is 9.14. The Hall–Kier alpha value is -2.94. The van der Waals surface area contributed by atoms with Gasteiger partial charge < -0.3 is 15.6 Å². The molecule has 1 saturated heterocycles. The van der Waals surface area contributed by atoms with Crippen molar-refractivity contribution in [1.29, 1.82) is 0 Å². The second kappa shape index (κ2) is 16.7. The molecular weight excluding hydrogens is 460 g/mol. The lowest BCUT2D eigenvalue weighted by Crippen LogP contribution is -2.63. The number of hydrogen-bond acceptors (Lipinski definition) is 7. The van der Waals surface area contributed by atoms with Crippen molar-refractivity contribution in [3.05, 3.63) is 65.7 Å². The summed E-state index contributed by atoms with van der Waals surface area (Å²) in [7, 11) is 4.15. The summed E-state index contributed by atoms with van der Waals surface area (Å²) in [6.07, 6.45) is 1.28. The fraction of sp³-hybridized carbons (Fsp3) is 0.517. The van der Waals surface area contributed by atoms with Gasteiger partial charge >= 0.3 is 0 Å². The Morgan fingerprint density at radius 3 is 2.22 bits per heavy atom. The van der Waals surface area contributed by atoms with E-state index in [1.807, 2.05) is 27.0 Å². The molecule has 2 aromatic carbocycles. The van der Waals surface area contributed by atoms with Crippen LogP contribution in [0.5, 0.6) is 0 Å². The van der Waals surface area contributed by atoms with Crippen molar-refractivity contribution in [1.82, 2.24) is 25.6 Å². The first-order chi connectivity index (χ1) is 18.1. The first kappa shape index (κ1) is 30.3. The number of piperazine rings is 1. The van der Waals surface area contributed by atoms with Crippen LogP contribution in [-0.2, 0) is 6.54 Å². The molecule has 37 heavy (non-hydrogen) atoms. The molecular formula is C29H48N8. The van der Waals surface area contributed by atoms with Gasteiger partial charge in [0.25, 0.3) is 0 Å². The zero-order chi connectivity index (χ0) is 27.0. The summed E-state index contributed by atoms with van der Waals surface area (Å²) in [4.78, 5) is 9.63. The Kier molecular flexibility index (Phi) is 13.7. The van der Waals surface area contributed by atoms with E-state index in [0.717, 1.165) is 55.6 Å². The third-order valence-electron chi connectivity index (χ3n) is 5.93. The van der Waals surface area contributed by atoms with E-state index in [2.05, 4.69) is 107 Å². The number of rotatable bonds is 7. The maximum atomic E-state index is 4.92. The van der Waals surface area contributed by atoms with Crippen molar-refractivity contribution >= 4 is 17.4 Å². The van der Waals surface area contributed by atoms with Crippen molar-refractivity contribution in [2.45, 2.75) is 53.8 Å². The molecule has 4 rings (SSSR count). The van der Waals surface area contributed by atoms with Crippen LogP contribution in [-0.4, -0.2) is 79.5 Å². The molecule has 1 fully saturated rings. The van der Waals surface area contributed by atoms with E-state index in [0.29, 0.717) is 6.54 Å². The van der Waals surface area contributed by atoms with Crippen molar-refractivity contribution in [2.24, 2.45) is 10.1 Å². The molecule has 204 valence electrons. The molecule has 0 aromatic heterocycles. The van der Waals surface area contributed by atoms with Gasteiger partial charge in [-0.25, -0.2) is 5.01 Å². The van der Waals surface area contributed by atoms with Crippen LogP contribution >= 0.6 is 0 Å². The Balaban J connectivity index is 0.000000898. The number of benzene rings is 2. The van der Waals surface area contributed by atoms with E-state index in [1.54, 1.807) is 0 Å². The highest BCUT2D eigenvalue weighted by atomic mass is 15.5. The Labute approximate surface area is 224 Å². The van der Waals surface area contributed by atoms with E-state index >= 15 is 0 Å². The second-order valence-corrected chi connectivity index (χ2v) is 8.92. The molecule has 3 N–H and O–H groups in total.